The molecule has 2 heterocycles. The van der Waals surface area contributed by atoms with Gasteiger partial charge in [0.05, 0.1) is 6.20 Å². The summed E-state index contributed by atoms with van der Waals surface area (Å²) in [5.74, 6) is 0. The molecule has 0 spiro atoms. The van der Waals surface area contributed by atoms with Crippen LogP contribution in [0.2, 0.25) is 0 Å². The van der Waals surface area contributed by atoms with Gasteiger partial charge in [0.15, 0.2) is 0 Å². The summed E-state index contributed by atoms with van der Waals surface area (Å²) in [6.45, 7) is 5.50. The van der Waals surface area contributed by atoms with Crippen LogP contribution < -0.4 is 5.32 Å². The molecule has 1 atom stereocenters. The zero-order chi connectivity index (χ0) is 15.5. The number of benzene rings is 1. The Balaban J connectivity index is 1.84. The smallest absolute Gasteiger partial charge is 0.0568 e. The highest BCUT2D eigenvalue weighted by Crippen LogP contribution is 2.26. The van der Waals surface area contributed by atoms with Crippen LogP contribution in [0.3, 0.4) is 0 Å². The number of rotatable bonds is 4. The zero-order valence-electron chi connectivity index (χ0n) is 13.8. The molecule has 4 heteroatoms. The average Bonchev–Trinajstić information content (AvgIpc) is 2.96. The third kappa shape index (κ3) is 3.39. The first-order valence-corrected chi connectivity index (χ1v) is 8.14. The Hall–Kier alpha value is -1.65. The van der Waals surface area contributed by atoms with Crippen molar-refractivity contribution in [2.45, 2.75) is 32.4 Å². The van der Waals surface area contributed by atoms with Crippen molar-refractivity contribution in [1.82, 2.24) is 20.0 Å². The fourth-order valence-corrected chi connectivity index (χ4v) is 3.33. The van der Waals surface area contributed by atoms with Crippen molar-refractivity contribution in [3.05, 3.63) is 41.7 Å². The van der Waals surface area contributed by atoms with Crippen LogP contribution in [0.5, 0.6) is 0 Å². The summed E-state index contributed by atoms with van der Waals surface area (Å²) in [6, 6.07) is 7.40. The van der Waals surface area contributed by atoms with Gasteiger partial charge in [-0.25, -0.2) is 0 Å². The van der Waals surface area contributed by atoms with Gasteiger partial charge in [0.2, 0.25) is 0 Å². The lowest BCUT2D eigenvalue weighted by atomic mass is 9.98. The molecule has 1 aliphatic heterocycles. The molecule has 1 N–H and O–H groups in total. The molecule has 1 aromatic heterocycles. The number of nitrogens with one attached hydrogen (secondary N) is 1. The Bertz CT molecular complexity index is 632. The largest absolute Gasteiger partial charge is 0.316 e. The molecule has 3 rings (SSSR count). The first-order chi connectivity index (χ1) is 10.7. The molecular formula is C18H26N4. The fourth-order valence-electron chi connectivity index (χ4n) is 3.33. The molecule has 1 aromatic carbocycles. The molecule has 0 radical (unpaired) electrons. The quantitative estimate of drug-likeness (QED) is 0.942. The van der Waals surface area contributed by atoms with Crippen LogP contribution in [0.25, 0.3) is 11.1 Å². The highest BCUT2D eigenvalue weighted by molar-refractivity contribution is 5.66. The maximum atomic E-state index is 4.33. The molecule has 1 unspecified atom stereocenters. The molecule has 1 fully saturated rings. The molecule has 0 saturated carbocycles. The molecule has 1 aliphatic rings. The monoisotopic (exact) mass is 298 g/mol. The van der Waals surface area contributed by atoms with Gasteiger partial charge in [-0.05, 0) is 44.5 Å². The second-order valence-corrected chi connectivity index (χ2v) is 6.43. The van der Waals surface area contributed by atoms with Gasteiger partial charge in [0.25, 0.3) is 0 Å². The van der Waals surface area contributed by atoms with E-state index < -0.39 is 0 Å². The van der Waals surface area contributed by atoms with Crippen molar-refractivity contribution < 1.29 is 0 Å². The Morgan fingerprint density at radius 3 is 2.95 bits per heavy atom. The van der Waals surface area contributed by atoms with E-state index in [1.807, 2.05) is 17.9 Å². The van der Waals surface area contributed by atoms with Gasteiger partial charge in [-0.2, -0.15) is 5.10 Å². The summed E-state index contributed by atoms with van der Waals surface area (Å²) >= 11 is 0. The van der Waals surface area contributed by atoms with Gasteiger partial charge in [-0.3, -0.25) is 9.58 Å². The standard InChI is InChI=1S/C18H26N4/c1-14-6-7-15(12-22-8-4-5-17(13-22)19-2)18(9-14)16-10-20-21(3)11-16/h6-7,9-11,17,19H,4-5,8,12-13H2,1-3H3. The SMILES string of the molecule is CNC1CCCN(Cc2ccc(C)cc2-c2cnn(C)c2)C1. The van der Waals surface area contributed by atoms with Gasteiger partial charge in [-0.15, -0.1) is 0 Å². The summed E-state index contributed by atoms with van der Waals surface area (Å²) < 4.78 is 1.87. The Morgan fingerprint density at radius 1 is 1.36 bits per heavy atom. The van der Waals surface area contributed by atoms with Crippen molar-refractivity contribution >= 4 is 0 Å². The molecular weight excluding hydrogens is 272 g/mol. The topological polar surface area (TPSA) is 33.1 Å². The molecule has 2 aromatic rings. The molecule has 4 nitrogen and oxygen atoms in total. The number of likely N-dealkylation sites (tertiary alicyclic amines) is 1. The van der Waals surface area contributed by atoms with E-state index in [9.17, 15) is 0 Å². The minimum atomic E-state index is 0.626. The lowest BCUT2D eigenvalue weighted by Gasteiger charge is -2.33. The van der Waals surface area contributed by atoms with Crippen LogP contribution in [0.4, 0.5) is 0 Å². The first kappa shape index (κ1) is 15.3. The highest BCUT2D eigenvalue weighted by Gasteiger charge is 2.19. The van der Waals surface area contributed by atoms with E-state index >= 15 is 0 Å². The number of hydrogen-bond acceptors (Lipinski definition) is 3. The Kier molecular flexibility index (Phi) is 4.60. The molecule has 22 heavy (non-hydrogen) atoms. The normalized spacial score (nSPS) is 19.5. The van der Waals surface area contributed by atoms with Crippen molar-refractivity contribution in [1.29, 1.82) is 0 Å². The second-order valence-electron chi connectivity index (χ2n) is 6.43. The van der Waals surface area contributed by atoms with Crippen LogP contribution >= 0.6 is 0 Å². The van der Waals surface area contributed by atoms with Crippen molar-refractivity contribution in [3.8, 4) is 11.1 Å². The predicted octanol–water partition coefficient (Wildman–Crippen LogP) is 2.58. The minimum absolute atomic E-state index is 0.626. The van der Waals surface area contributed by atoms with E-state index in [-0.39, 0.29) is 0 Å². The number of aryl methyl sites for hydroxylation is 2. The maximum absolute atomic E-state index is 4.33. The predicted molar refractivity (Wildman–Crippen MR) is 90.7 cm³/mol. The molecule has 0 amide bonds. The van der Waals surface area contributed by atoms with Gasteiger partial charge in [0, 0.05) is 37.9 Å². The molecule has 118 valence electrons. The van der Waals surface area contributed by atoms with Crippen LogP contribution in [-0.4, -0.2) is 40.9 Å². The highest BCUT2D eigenvalue weighted by atomic mass is 15.2. The number of piperidine rings is 1. The molecule has 1 saturated heterocycles. The summed E-state index contributed by atoms with van der Waals surface area (Å²) in [5, 5.41) is 7.75. The fraction of sp³-hybridized carbons (Fsp3) is 0.500. The van der Waals surface area contributed by atoms with E-state index in [1.165, 1.54) is 41.6 Å². The lowest BCUT2D eigenvalue weighted by Crippen LogP contribution is -2.43. The second kappa shape index (κ2) is 6.63. The first-order valence-electron chi connectivity index (χ1n) is 8.14. The zero-order valence-corrected chi connectivity index (χ0v) is 13.8. The summed E-state index contributed by atoms with van der Waals surface area (Å²) in [4.78, 5) is 2.56. The summed E-state index contributed by atoms with van der Waals surface area (Å²) in [6.07, 6.45) is 6.63. The van der Waals surface area contributed by atoms with Crippen LogP contribution in [0.1, 0.15) is 24.0 Å². The number of hydrogen-bond donors (Lipinski definition) is 1. The summed E-state index contributed by atoms with van der Waals surface area (Å²) in [5.41, 5.74) is 5.23. The third-order valence-corrected chi connectivity index (χ3v) is 4.59. The molecule has 0 bridgehead atoms. The number of nitrogens with zero attached hydrogens (tertiary/aromatic N) is 3. The number of aromatic nitrogens is 2. The summed E-state index contributed by atoms with van der Waals surface area (Å²) in [7, 11) is 4.04. The Morgan fingerprint density at radius 2 is 2.23 bits per heavy atom. The van der Waals surface area contributed by atoms with Crippen molar-refractivity contribution in [2.75, 3.05) is 20.1 Å². The van der Waals surface area contributed by atoms with Crippen molar-refractivity contribution in [3.63, 3.8) is 0 Å². The van der Waals surface area contributed by atoms with E-state index in [0.29, 0.717) is 6.04 Å². The van der Waals surface area contributed by atoms with Gasteiger partial charge < -0.3 is 5.32 Å². The third-order valence-electron chi connectivity index (χ3n) is 4.59. The van der Waals surface area contributed by atoms with Crippen LogP contribution in [-0.2, 0) is 13.6 Å². The van der Waals surface area contributed by atoms with E-state index in [1.54, 1.807) is 0 Å². The van der Waals surface area contributed by atoms with E-state index in [0.717, 1.165) is 13.1 Å². The number of likely N-dealkylation sites (N-methyl/N-ethyl adjacent to an activating group) is 1. The van der Waals surface area contributed by atoms with E-state index in [4.69, 9.17) is 0 Å². The minimum Gasteiger partial charge on any atom is -0.316 e. The van der Waals surface area contributed by atoms with Gasteiger partial charge >= 0.3 is 0 Å². The van der Waals surface area contributed by atoms with Gasteiger partial charge in [-0.1, -0.05) is 23.8 Å². The average molecular weight is 298 g/mol. The maximum Gasteiger partial charge on any atom is 0.0568 e. The molecule has 0 aliphatic carbocycles. The van der Waals surface area contributed by atoms with Crippen LogP contribution in [0.15, 0.2) is 30.6 Å². The van der Waals surface area contributed by atoms with E-state index in [2.05, 4.69) is 53.7 Å². The van der Waals surface area contributed by atoms with Crippen LogP contribution in [0, 0.1) is 6.92 Å². The Labute approximate surface area is 133 Å². The van der Waals surface area contributed by atoms with Gasteiger partial charge in [0.1, 0.15) is 0 Å². The lowest BCUT2D eigenvalue weighted by molar-refractivity contribution is 0.188. The van der Waals surface area contributed by atoms with Crippen molar-refractivity contribution in [2.24, 2.45) is 7.05 Å².